The number of benzene rings is 1. The molecule has 1 fully saturated rings. The average Bonchev–Trinajstić information content (AvgIpc) is 2.78. The largest absolute Gasteiger partial charge is 0.494 e. The van der Waals surface area contributed by atoms with Gasteiger partial charge in [-0.05, 0) is 57.4 Å². The topological polar surface area (TPSA) is 80.2 Å². The molecular formula is C24H29N5O2. The molecule has 1 saturated heterocycles. The first kappa shape index (κ1) is 21.0. The molecule has 0 radical (unpaired) electrons. The van der Waals surface area contributed by atoms with Gasteiger partial charge in [0.25, 0.3) is 0 Å². The second-order valence-electron chi connectivity index (χ2n) is 8.01. The molecule has 162 valence electrons. The lowest BCUT2D eigenvalue weighted by Crippen LogP contribution is -2.43. The summed E-state index contributed by atoms with van der Waals surface area (Å²) in [7, 11) is 0. The monoisotopic (exact) mass is 419 g/mol. The van der Waals surface area contributed by atoms with Crippen molar-refractivity contribution < 1.29 is 9.53 Å². The first-order chi connectivity index (χ1) is 15.0. The summed E-state index contributed by atoms with van der Waals surface area (Å²) in [5.74, 6) is 0.868. The van der Waals surface area contributed by atoms with Crippen LogP contribution in [0.4, 0.5) is 5.69 Å². The number of hydrogen-bond donors (Lipinski definition) is 1. The predicted molar refractivity (Wildman–Crippen MR) is 121 cm³/mol. The third-order valence-electron chi connectivity index (χ3n) is 5.75. The minimum Gasteiger partial charge on any atom is -0.494 e. The summed E-state index contributed by atoms with van der Waals surface area (Å²) < 4.78 is 5.54. The molecular weight excluding hydrogens is 390 g/mol. The van der Waals surface area contributed by atoms with Crippen LogP contribution in [0, 0.1) is 19.8 Å². The number of carbonyl (C=O) groups excluding carboxylic acids is 1. The van der Waals surface area contributed by atoms with Crippen LogP contribution >= 0.6 is 0 Å². The Morgan fingerprint density at radius 2 is 2.06 bits per heavy atom. The van der Waals surface area contributed by atoms with Gasteiger partial charge in [0.05, 0.1) is 35.8 Å². The number of anilines is 1. The number of ether oxygens (including phenoxy) is 1. The van der Waals surface area contributed by atoms with E-state index in [1.54, 1.807) is 0 Å². The lowest BCUT2D eigenvalue weighted by atomic mass is 9.96. The van der Waals surface area contributed by atoms with E-state index in [9.17, 15) is 4.79 Å². The Kier molecular flexibility index (Phi) is 6.30. The molecule has 2 aromatic heterocycles. The molecule has 1 N–H and O–H groups in total. The molecule has 1 amide bonds. The molecule has 1 aliphatic heterocycles. The maximum atomic E-state index is 12.8. The van der Waals surface area contributed by atoms with Gasteiger partial charge in [-0.2, -0.15) is 0 Å². The molecule has 0 bridgehead atoms. The van der Waals surface area contributed by atoms with Crippen molar-refractivity contribution in [2.45, 2.75) is 40.2 Å². The van der Waals surface area contributed by atoms with Gasteiger partial charge in [-0.25, -0.2) is 15.0 Å². The number of pyridine rings is 1. The molecule has 0 aliphatic carbocycles. The molecule has 0 saturated carbocycles. The van der Waals surface area contributed by atoms with E-state index in [4.69, 9.17) is 4.74 Å². The zero-order valence-electron chi connectivity index (χ0n) is 18.4. The van der Waals surface area contributed by atoms with E-state index in [2.05, 4.69) is 25.2 Å². The Hall–Kier alpha value is -3.22. The maximum absolute atomic E-state index is 12.8. The highest BCUT2D eigenvalue weighted by Crippen LogP contribution is 2.25. The van der Waals surface area contributed by atoms with E-state index in [0.29, 0.717) is 25.3 Å². The zero-order chi connectivity index (χ0) is 21.8. The molecule has 7 nitrogen and oxygen atoms in total. The summed E-state index contributed by atoms with van der Waals surface area (Å²) in [6, 6.07) is 9.89. The van der Waals surface area contributed by atoms with Crippen molar-refractivity contribution in [2.75, 3.05) is 24.6 Å². The van der Waals surface area contributed by atoms with Gasteiger partial charge in [0.2, 0.25) is 5.91 Å². The normalized spacial score (nSPS) is 16.4. The first-order valence-corrected chi connectivity index (χ1v) is 10.9. The quantitative estimate of drug-likeness (QED) is 0.658. The number of nitrogens with one attached hydrogen (secondary N) is 1. The summed E-state index contributed by atoms with van der Waals surface area (Å²) in [6.45, 7) is 8.58. The van der Waals surface area contributed by atoms with Crippen molar-refractivity contribution in [3.8, 4) is 5.75 Å². The SMILES string of the molecule is CCOc1cccc(CNC(=O)[C@H]2CCCN(c3cnc4nc(C)c(C)nc4c3)C2)c1. The standard InChI is InChI=1S/C24H29N5O2/c1-4-31-21-9-5-7-18(11-21)13-26-24(30)19-8-6-10-29(15-19)20-12-22-23(25-14-20)28-17(3)16(2)27-22/h5,7,9,11-12,14,19H,4,6,8,10,13,15H2,1-3H3,(H,26,30)/t19-/m0/s1. The molecule has 3 aromatic rings. The smallest absolute Gasteiger partial charge is 0.225 e. The highest BCUT2D eigenvalue weighted by Gasteiger charge is 2.26. The van der Waals surface area contributed by atoms with Crippen molar-refractivity contribution in [1.82, 2.24) is 20.3 Å². The van der Waals surface area contributed by atoms with E-state index < -0.39 is 0 Å². The zero-order valence-corrected chi connectivity index (χ0v) is 18.4. The fourth-order valence-corrected chi connectivity index (χ4v) is 3.95. The van der Waals surface area contributed by atoms with Crippen molar-refractivity contribution in [1.29, 1.82) is 0 Å². The van der Waals surface area contributed by atoms with Crippen LogP contribution in [0.25, 0.3) is 11.2 Å². The molecule has 1 aromatic carbocycles. The molecule has 7 heteroatoms. The van der Waals surface area contributed by atoms with Crippen LogP contribution in [-0.4, -0.2) is 40.6 Å². The third kappa shape index (κ3) is 4.93. The average molecular weight is 420 g/mol. The van der Waals surface area contributed by atoms with Gasteiger partial charge >= 0.3 is 0 Å². The number of carbonyl (C=O) groups is 1. The minimum absolute atomic E-state index is 0.0506. The highest BCUT2D eigenvalue weighted by atomic mass is 16.5. The summed E-state index contributed by atoms with van der Waals surface area (Å²) >= 11 is 0. The Labute approximate surface area is 182 Å². The molecule has 1 aliphatic rings. The number of hydrogen-bond acceptors (Lipinski definition) is 6. The van der Waals surface area contributed by atoms with Gasteiger partial charge in [-0.1, -0.05) is 12.1 Å². The lowest BCUT2D eigenvalue weighted by molar-refractivity contribution is -0.125. The van der Waals surface area contributed by atoms with Crippen molar-refractivity contribution in [2.24, 2.45) is 5.92 Å². The molecule has 0 unspecified atom stereocenters. The lowest BCUT2D eigenvalue weighted by Gasteiger charge is -2.33. The number of nitrogens with zero attached hydrogens (tertiary/aromatic N) is 4. The maximum Gasteiger partial charge on any atom is 0.225 e. The summed E-state index contributed by atoms with van der Waals surface area (Å²) in [6.07, 6.45) is 3.69. The van der Waals surface area contributed by atoms with Crippen LogP contribution in [0.2, 0.25) is 0 Å². The van der Waals surface area contributed by atoms with E-state index >= 15 is 0 Å². The van der Waals surface area contributed by atoms with Gasteiger partial charge in [-0.3, -0.25) is 4.79 Å². The number of aryl methyl sites for hydroxylation is 2. The first-order valence-electron chi connectivity index (χ1n) is 10.9. The number of amides is 1. The Bertz CT molecular complexity index is 1080. The number of aromatic nitrogens is 3. The summed E-state index contributed by atoms with van der Waals surface area (Å²) in [5.41, 5.74) is 5.29. The van der Waals surface area contributed by atoms with E-state index in [1.165, 1.54) is 0 Å². The molecule has 4 rings (SSSR count). The van der Waals surface area contributed by atoms with Crippen molar-refractivity contribution in [3.63, 3.8) is 0 Å². The minimum atomic E-state index is -0.0506. The van der Waals surface area contributed by atoms with Crippen LogP contribution < -0.4 is 15.0 Å². The second-order valence-corrected chi connectivity index (χ2v) is 8.01. The van der Waals surface area contributed by atoms with Gasteiger partial charge in [0.15, 0.2) is 5.65 Å². The predicted octanol–water partition coefficient (Wildman–Crippen LogP) is 3.57. The van der Waals surface area contributed by atoms with Crippen LogP contribution in [0.1, 0.15) is 36.7 Å². The third-order valence-corrected chi connectivity index (χ3v) is 5.75. The van der Waals surface area contributed by atoms with Gasteiger partial charge in [0, 0.05) is 19.6 Å². The molecule has 3 heterocycles. The van der Waals surface area contributed by atoms with E-state index in [-0.39, 0.29) is 11.8 Å². The van der Waals surface area contributed by atoms with Crippen LogP contribution in [0.15, 0.2) is 36.5 Å². The Morgan fingerprint density at radius 1 is 1.23 bits per heavy atom. The Morgan fingerprint density at radius 3 is 2.90 bits per heavy atom. The van der Waals surface area contributed by atoms with Gasteiger partial charge < -0.3 is 15.0 Å². The number of rotatable bonds is 6. The molecule has 1 atom stereocenters. The summed E-state index contributed by atoms with van der Waals surface area (Å²) in [5, 5.41) is 3.09. The summed E-state index contributed by atoms with van der Waals surface area (Å²) in [4.78, 5) is 28.7. The van der Waals surface area contributed by atoms with Crippen molar-refractivity contribution in [3.05, 3.63) is 53.5 Å². The number of piperidine rings is 1. The van der Waals surface area contributed by atoms with Crippen LogP contribution in [0.5, 0.6) is 5.75 Å². The molecule has 0 spiro atoms. The van der Waals surface area contributed by atoms with Gasteiger partial charge in [0.1, 0.15) is 11.3 Å². The second kappa shape index (κ2) is 9.29. The fourth-order valence-electron chi connectivity index (χ4n) is 3.95. The highest BCUT2D eigenvalue weighted by molar-refractivity contribution is 5.80. The van der Waals surface area contributed by atoms with E-state index in [1.807, 2.05) is 57.3 Å². The van der Waals surface area contributed by atoms with Gasteiger partial charge in [-0.15, -0.1) is 0 Å². The fraction of sp³-hybridized carbons (Fsp3) is 0.417. The Balaban J connectivity index is 1.41. The van der Waals surface area contributed by atoms with Crippen LogP contribution in [0.3, 0.4) is 0 Å². The number of fused-ring (bicyclic) bond motifs is 1. The van der Waals surface area contributed by atoms with Crippen molar-refractivity contribution >= 4 is 22.8 Å². The van der Waals surface area contributed by atoms with E-state index in [0.717, 1.165) is 53.3 Å². The molecule has 31 heavy (non-hydrogen) atoms. The van der Waals surface area contributed by atoms with Crippen LogP contribution in [-0.2, 0) is 11.3 Å².